The monoisotopic (exact) mass is 407 g/mol. The third-order valence-corrected chi connectivity index (χ3v) is 8.26. The molecule has 2 saturated heterocycles. The Morgan fingerprint density at radius 3 is 2.43 bits per heavy atom. The molecule has 1 aromatic heterocycles. The maximum atomic E-state index is 13.0. The number of aromatic nitrogens is 1. The molecule has 0 amide bonds. The van der Waals surface area contributed by atoms with Gasteiger partial charge in [-0.05, 0) is 62.7 Å². The van der Waals surface area contributed by atoms with Crippen molar-refractivity contribution in [1.82, 2.24) is 13.8 Å². The van der Waals surface area contributed by atoms with E-state index in [1.807, 2.05) is 0 Å². The Morgan fingerprint density at radius 2 is 1.75 bits per heavy atom. The number of sulfonamides is 1. The molecule has 2 fully saturated rings. The van der Waals surface area contributed by atoms with Crippen LogP contribution < -0.4 is 5.76 Å². The van der Waals surface area contributed by atoms with E-state index in [4.69, 9.17) is 4.42 Å². The summed E-state index contributed by atoms with van der Waals surface area (Å²) in [6.45, 7) is 6.84. The third-order valence-electron chi connectivity index (χ3n) is 6.37. The molecule has 2 aromatic rings. The van der Waals surface area contributed by atoms with E-state index in [1.165, 1.54) is 36.6 Å². The Labute approximate surface area is 166 Å². The highest BCUT2D eigenvalue weighted by atomic mass is 32.2. The normalized spacial score (nSPS) is 21.5. The molecule has 2 aliphatic rings. The molecule has 0 radical (unpaired) electrons. The van der Waals surface area contributed by atoms with Gasteiger partial charge in [-0.1, -0.05) is 6.92 Å². The zero-order valence-electron chi connectivity index (χ0n) is 16.6. The summed E-state index contributed by atoms with van der Waals surface area (Å²) < 4.78 is 34.2. The number of rotatable bonds is 4. The van der Waals surface area contributed by atoms with Crippen LogP contribution in [-0.2, 0) is 17.1 Å². The Morgan fingerprint density at radius 1 is 1.07 bits per heavy atom. The van der Waals surface area contributed by atoms with Crippen LogP contribution in [0.2, 0.25) is 0 Å². The van der Waals surface area contributed by atoms with Crippen molar-refractivity contribution in [3.63, 3.8) is 0 Å². The van der Waals surface area contributed by atoms with Crippen LogP contribution in [0, 0.1) is 11.8 Å². The van der Waals surface area contributed by atoms with Crippen LogP contribution in [0.4, 0.5) is 0 Å². The first-order valence-corrected chi connectivity index (χ1v) is 11.6. The lowest BCUT2D eigenvalue weighted by Gasteiger charge is -2.36. The van der Waals surface area contributed by atoms with E-state index in [9.17, 15) is 13.2 Å². The molecule has 154 valence electrons. The average Bonchev–Trinajstić information content (AvgIpc) is 2.97. The van der Waals surface area contributed by atoms with Crippen LogP contribution in [0.1, 0.15) is 32.6 Å². The number of aryl methyl sites for hydroxylation is 1. The van der Waals surface area contributed by atoms with Gasteiger partial charge >= 0.3 is 5.76 Å². The largest absolute Gasteiger partial charge is 0.419 e. The predicted octanol–water partition coefficient (Wildman–Crippen LogP) is 2.26. The van der Waals surface area contributed by atoms with Gasteiger partial charge in [0.25, 0.3) is 0 Å². The molecule has 4 rings (SSSR count). The summed E-state index contributed by atoms with van der Waals surface area (Å²) in [5, 5.41) is 0. The topological polar surface area (TPSA) is 75.8 Å². The average molecular weight is 408 g/mol. The van der Waals surface area contributed by atoms with Gasteiger partial charge in [-0.2, -0.15) is 4.31 Å². The summed E-state index contributed by atoms with van der Waals surface area (Å²) in [6.07, 6.45) is 4.33. The Hall–Kier alpha value is -1.64. The Bertz CT molecular complexity index is 994. The minimum atomic E-state index is -3.57. The van der Waals surface area contributed by atoms with Crippen molar-refractivity contribution in [2.24, 2.45) is 18.9 Å². The summed E-state index contributed by atoms with van der Waals surface area (Å²) in [5.74, 6) is 0.904. The van der Waals surface area contributed by atoms with Gasteiger partial charge in [-0.3, -0.25) is 4.57 Å². The van der Waals surface area contributed by atoms with Crippen LogP contribution >= 0.6 is 0 Å². The third kappa shape index (κ3) is 3.77. The Balaban J connectivity index is 1.41. The highest BCUT2D eigenvalue weighted by Gasteiger charge is 2.31. The van der Waals surface area contributed by atoms with Gasteiger partial charge in [-0.25, -0.2) is 13.2 Å². The molecule has 3 heterocycles. The molecule has 0 atom stereocenters. The Kier molecular flexibility index (Phi) is 5.37. The van der Waals surface area contributed by atoms with Crippen LogP contribution in [0.25, 0.3) is 11.1 Å². The fourth-order valence-corrected chi connectivity index (χ4v) is 5.85. The highest BCUT2D eigenvalue weighted by molar-refractivity contribution is 7.89. The standard InChI is InChI=1S/C20H29N3O4S/c1-15-5-9-22(10-6-15)14-16-7-11-23(12-8-16)28(25,26)17-3-4-18-19(13-17)27-20(24)21(18)2/h3-4,13,15-16H,5-12,14H2,1-2H3. The van der Waals surface area contributed by atoms with E-state index in [0.717, 1.165) is 25.3 Å². The first-order chi connectivity index (χ1) is 13.3. The van der Waals surface area contributed by atoms with Crippen molar-refractivity contribution >= 4 is 21.1 Å². The molecular formula is C20H29N3O4S. The van der Waals surface area contributed by atoms with Crippen molar-refractivity contribution in [3.05, 3.63) is 28.7 Å². The number of hydrogen-bond donors (Lipinski definition) is 0. The molecule has 0 saturated carbocycles. The van der Waals surface area contributed by atoms with Gasteiger partial charge in [0.1, 0.15) is 0 Å². The minimum Gasteiger partial charge on any atom is -0.408 e. The molecule has 7 nitrogen and oxygen atoms in total. The van der Waals surface area contributed by atoms with Crippen LogP contribution in [0.15, 0.2) is 32.3 Å². The van der Waals surface area contributed by atoms with Crippen LogP contribution in [0.5, 0.6) is 0 Å². The lowest BCUT2D eigenvalue weighted by Crippen LogP contribution is -2.43. The molecule has 28 heavy (non-hydrogen) atoms. The van der Waals surface area contributed by atoms with E-state index >= 15 is 0 Å². The number of nitrogens with zero attached hydrogens (tertiary/aromatic N) is 3. The zero-order chi connectivity index (χ0) is 19.9. The number of piperidine rings is 2. The number of fused-ring (bicyclic) bond motifs is 1. The summed E-state index contributed by atoms with van der Waals surface area (Å²) in [5.41, 5.74) is 0.904. The number of benzene rings is 1. The smallest absolute Gasteiger partial charge is 0.408 e. The second-order valence-corrected chi connectivity index (χ2v) is 10.3. The highest BCUT2D eigenvalue weighted by Crippen LogP contribution is 2.27. The molecule has 1 aromatic carbocycles. The van der Waals surface area contributed by atoms with Gasteiger partial charge in [0.15, 0.2) is 5.58 Å². The van der Waals surface area contributed by atoms with E-state index in [2.05, 4.69) is 11.8 Å². The molecule has 0 spiro atoms. The van der Waals surface area contributed by atoms with Gasteiger partial charge in [-0.15, -0.1) is 0 Å². The second kappa shape index (κ2) is 7.65. The maximum Gasteiger partial charge on any atom is 0.419 e. The molecule has 2 aliphatic heterocycles. The molecule has 0 aliphatic carbocycles. The number of oxazole rings is 1. The fraction of sp³-hybridized carbons (Fsp3) is 0.650. The first kappa shape index (κ1) is 19.7. The van der Waals surface area contributed by atoms with E-state index in [1.54, 1.807) is 23.5 Å². The van der Waals surface area contributed by atoms with Crippen molar-refractivity contribution in [2.45, 2.75) is 37.5 Å². The van der Waals surface area contributed by atoms with Crippen molar-refractivity contribution in [2.75, 3.05) is 32.7 Å². The van der Waals surface area contributed by atoms with Crippen molar-refractivity contribution in [3.8, 4) is 0 Å². The van der Waals surface area contributed by atoms with Crippen LogP contribution in [0.3, 0.4) is 0 Å². The zero-order valence-corrected chi connectivity index (χ0v) is 17.5. The van der Waals surface area contributed by atoms with E-state index in [-0.39, 0.29) is 4.90 Å². The lowest BCUT2D eigenvalue weighted by atomic mass is 9.94. The van der Waals surface area contributed by atoms with Gasteiger partial charge in [0.05, 0.1) is 10.4 Å². The molecule has 0 bridgehead atoms. The molecule has 0 N–H and O–H groups in total. The SMILES string of the molecule is CC1CCN(CC2CCN(S(=O)(=O)c3ccc4c(c3)oc(=O)n4C)CC2)CC1. The fourth-order valence-electron chi connectivity index (χ4n) is 4.37. The second-order valence-electron chi connectivity index (χ2n) is 8.39. The first-order valence-electron chi connectivity index (χ1n) is 10.2. The van der Waals surface area contributed by atoms with E-state index < -0.39 is 15.8 Å². The van der Waals surface area contributed by atoms with Gasteiger partial charge < -0.3 is 9.32 Å². The summed E-state index contributed by atoms with van der Waals surface area (Å²) in [4.78, 5) is 14.4. The van der Waals surface area contributed by atoms with Crippen molar-refractivity contribution in [1.29, 1.82) is 0 Å². The van der Waals surface area contributed by atoms with Crippen molar-refractivity contribution < 1.29 is 12.8 Å². The summed E-state index contributed by atoms with van der Waals surface area (Å²) in [7, 11) is -1.97. The molecule has 8 heteroatoms. The lowest BCUT2D eigenvalue weighted by molar-refractivity contribution is 0.142. The number of hydrogen-bond acceptors (Lipinski definition) is 5. The van der Waals surface area contributed by atoms with E-state index in [0.29, 0.717) is 30.1 Å². The van der Waals surface area contributed by atoms with Crippen LogP contribution in [-0.4, -0.2) is 54.9 Å². The summed E-state index contributed by atoms with van der Waals surface area (Å²) >= 11 is 0. The van der Waals surface area contributed by atoms with Gasteiger partial charge in [0, 0.05) is 32.7 Å². The predicted molar refractivity (Wildman–Crippen MR) is 108 cm³/mol. The van der Waals surface area contributed by atoms with Gasteiger partial charge in [0.2, 0.25) is 10.0 Å². The minimum absolute atomic E-state index is 0.192. The summed E-state index contributed by atoms with van der Waals surface area (Å²) in [6, 6.07) is 4.66. The number of likely N-dealkylation sites (tertiary alicyclic amines) is 1. The quantitative estimate of drug-likeness (QED) is 0.777. The molecular weight excluding hydrogens is 378 g/mol. The maximum absolute atomic E-state index is 13.0. The molecule has 0 unspecified atom stereocenters.